The molecule has 0 spiro atoms. The van der Waals surface area contributed by atoms with Gasteiger partial charge in [0.1, 0.15) is 22.8 Å². The minimum absolute atomic E-state index is 0.151. The lowest BCUT2D eigenvalue weighted by Crippen LogP contribution is -2.09. The lowest BCUT2D eigenvalue weighted by Gasteiger charge is -2.10. The van der Waals surface area contributed by atoms with E-state index in [9.17, 15) is 18.0 Å². The SMILES string of the molecule is O=C(O)c1cnn(-c2c(F)cccc2Cl)c1C(F)F. The van der Waals surface area contributed by atoms with Crippen molar-refractivity contribution in [2.75, 3.05) is 0 Å². The Bertz CT molecular complexity index is 623. The Morgan fingerprint density at radius 1 is 1.42 bits per heavy atom. The molecule has 0 radical (unpaired) electrons. The van der Waals surface area contributed by atoms with E-state index in [1.54, 1.807) is 0 Å². The van der Waals surface area contributed by atoms with Crippen molar-refractivity contribution >= 4 is 17.6 Å². The molecule has 1 aromatic heterocycles. The molecule has 0 aliphatic heterocycles. The van der Waals surface area contributed by atoms with Gasteiger partial charge >= 0.3 is 5.97 Å². The fraction of sp³-hybridized carbons (Fsp3) is 0.0909. The molecular formula is C11H6ClF3N2O2. The number of benzene rings is 1. The van der Waals surface area contributed by atoms with Crippen molar-refractivity contribution < 1.29 is 23.1 Å². The molecule has 0 amide bonds. The molecule has 0 saturated heterocycles. The number of halogens is 4. The van der Waals surface area contributed by atoms with Gasteiger partial charge in [0.2, 0.25) is 0 Å². The molecule has 0 bridgehead atoms. The van der Waals surface area contributed by atoms with Crippen LogP contribution in [0.3, 0.4) is 0 Å². The molecule has 2 rings (SSSR count). The zero-order chi connectivity index (χ0) is 14.2. The Kier molecular flexibility index (Phi) is 3.48. The first kappa shape index (κ1) is 13.4. The topological polar surface area (TPSA) is 55.1 Å². The third-order valence-corrected chi connectivity index (χ3v) is 2.70. The maximum Gasteiger partial charge on any atom is 0.339 e. The molecular weight excluding hydrogens is 285 g/mol. The molecule has 1 aromatic carbocycles. The Balaban J connectivity index is 2.73. The number of carboxylic acid groups (broad SMARTS) is 1. The van der Waals surface area contributed by atoms with Crippen molar-refractivity contribution in [3.8, 4) is 5.69 Å². The van der Waals surface area contributed by atoms with Crippen LogP contribution >= 0.6 is 11.6 Å². The minimum atomic E-state index is -3.13. The predicted octanol–water partition coefficient (Wildman–Crippen LogP) is 3.30. The normalized spacial score (nSPS) is 11.0. The van der Waals surface area contributed by atoms with Gasteiger partial charge in [0, 0.05) is 0 Å². The van der Waals surface area contributed by atoms with Crippen LogP contribution in [0.4, 0.5) is 13.2 Å². The number of hydrogen-bond donors (Lipinski definition) is 1. The highest BCUT2D eigenvalue weighted by Crippen LogP contribution is 2.30. The third-order valence-electron chi connectivity index (χ3n) is 2.39. The Hall–Kier alpha value is -2.02. The second kappa shape index (κ2) is 4.93. The zero-order valence-corrected chi connectivity index (χ0v) is 9.90. The first-order chi connectivity index (χ1) is 8.93. The number of nitrogens with zero attached hydrogens (tertiary/aromatic N) is 2. The van der Waals surface area contributed by atoms with E-state index in [1.165, 1.54) is 12.1 Å². The molecule has 0 aliphatic carbocycles. The number of rotatable bonds is 3. The van der Waals surface area contributed by atoms with E-state index in [1.807, 2.05) is 0 Å². The lowest BCUT2D eigenvalue weighted by molar-refractivity contribution is 0.0683. The molecule has 0 atom stereocenters. The van der Waals surface area contributed by atoms with Gasteiger partial charge in [-0.25, -0.2) is 22.6 Å². The van der Waals surface area contributed by atoms with Crippen LogP contribution in [-0.4, -0.2) is 20.9 Å². The van der Waals surface area contributed by atoms with Gasteiger partial charge in [-0.3, -0.25) is 0 Å². The van der Waals surface area contributed by atoms with Crippen LogP contribution in [0.1, 0.15) is 22.5 Å². The fourth-order valence-corrected chi connectivity index (χ4v) is 1.85. The quantitative estimate of drug-likeness (QED) is 0.943. The summed E-state index contributed by atoms with van der Waals surface area (Å²) in [5, 5.41) is 12.1. The summed E-state index contributed by atoms with van der Waals surface area (Å²) >= 11 is 5.74. The van der Waals surface area contributed by atoms with Crippen molar-refractivity contribution in [1.29, 1.82) is 0 Å². The van der Waals surface area contributed by atoms with Crippen molar-refractivity contribution in [3.05, 3.63) is 46.5 Å². The van der Waals surface area contributed by atoms with Gasteiger partial charge in [0.05, 0.1) is 11.2 Å². The van der Waals surface area contributed by atoms with Gasteiger partial charge in [-0.15, -0.1) is 0 Å². The molecule has 100 valence electrons. The first-order valence-electron chi connectivity index (χ1n) is 4.97. The number of hydrogen-bond acceptors (Lipinski definition) is 2. The summed E-state index contributed by atoms with van der Waals surface area (Å²) in [6, 6.07) is 3.60. The maximum absolute atomic E-state index is 13.7. The summed E-state index contributed by atoms with van der Waals surface area (Å²) in [5.41, 5.74) is -2.03. The van der Waals surface area contributed by atoms with Crippen LogP contribution in [0.2, 0.25) is 5.02 Å². The Morgan fingerprint density at radius 3 is 2.63 bits per heavy atom. The predicted molar refractivity (Wildman–Crippen MR) is 60.4 cm³/mol. The van der Waals surface area contributed by atoms with Crippen molar-refractivity contribution in [1.82, 2.24) is 9.78 Å². The van der Waals surface area contributed by atoms with Gasteiger partial charge in [0.15, 0.2) is 0 Å². The highest BCUT2D eigenvalue weighted by Gasteiger charge is 2.27. The molecule has 1 N–H and O–H groups in total. The van der Waals surface area contributed by atoms with Gasteiger partial charge < -0.3 is 5.11 Å². The van der Waals surface area contributed by atoms with Crippen LogP contribution < -0.4 is 0 Å². The summed E-state index contributed by atoms with van der Waals surface area (Å²) < 4.78 is 40.0. The van der Waals surface area contributed by atoms with E-state index in [2.05, 4.69) is 5.10 Å². The Labute approximate surface area is 110 Å². The summed E-state index contributed by atoms with van der Waals surface area (Å²) in [4.78, 5) is 10.8. The summed E-state index contributed by atoms with van der Waals surface area (Å²) in [7, 11) is 0. The monoisotopic (exact) mass is 290 g/mol. The molecule has 19 heavy (non-hydrogen) atoms. The van der Waals surface area contributed by atoms with Gasteiger partial charge in [0.25, 0.3) is 6.43 Å². The van der Waals surface area contributed by atoms with Gasteiger partial charge in [-0.1, -0.05) is 17.7 Å². The molecule has 0 saturated carbocycles. The third kappa shape index (κ3) is 2.28. The molecule has 0 unspecified atom stereocenters. The largest absolute Gasteiger partial charge is 0.478 e. The average molecular weight is 291 g/mol. The van der Waals surface area contributed by atoms with Crippen molar-refractivity contribution in [2.45, 2.75) is 6.43 Å². The second-order valence-electron chi connectivity index (χ2n) is 3.53. The summed E-state index contributed by atoms with van der Waals surface area (Å²) in [6.45, 7) is 0. The Morgan fingerprint density at radius 2 is 2.11 bits per heavy atom. The molecule has 0 fully saturated rings. The van der Waals surface area contributed by atoms with Crippen LogP contribution in [0, 0.1) is 5.82 Å². The maximum atomic E-state index is 13.7. The minimum Gasteiger partial charge on any atom is -0.478 e. The average Bonchev–Trinajstić information content (AvgIpc) is 2.73. The van der Waals surface area contributed by atoms with Crippen molar-refractivity contribution in [3.63, 3.8) is 0 Å². The first-order valence-corrected chi connectivity index (χ1v) is 5.35. The van der Waals surface area contributed by atoms with E-state index < -0.39 is 35.2 Å². The number of carbonyl (C=O) groups is 1. The number of alkyl halides is 2. The molecule has 2 aromatic rings. The zero-order valence-electron chi connectivity index (χ0n) is 9.15. The van der Waals surface area contributed by atoms with E-state index in [0.717, 1.165) is 12.3 Å². The summed E-state index contributed by atoms with van der Waals surface area (Å²) in [5.74, 6) is -2.46. The van der Waals surface area contributed by atoms with E-state index in [4.69, 9.17) is 16.7 Å². The lowest BCUT2D eigenvalue weighted by atomic mass is 10.2. The van der Waals surface area contributed by atoms with Crippen LogP contribution in [-0.2, 0) is 0 Å². The number of aromatic carboxylic acids is 1. The number of carboxylic acids is 1. The highest BCUT2D eigenvalue weighted by molar-refractivity contribution is 6.32. The molecule has 4 nitrogen and oxygen atoms in total. The van der Waals surface area contributed by atoms with Gasteiger partial charge in [-0.05, 0) is 12.1 Å². The standard InChI is InChI=1S/C11H6ClF3N2O2/c12-6-2-1-3-7(13)9(6)17-8(10(14)15)5(4-16-17)11(18)19/h1-4,10H,(H,18,19). The van der Waals surface area contributed by atoms with Crippen LogP contribution in [0.15, 0.2) is 24.4 Å². The second-order valence-corrected chi connectivity index (χ2v) is 3.94. The van der Waals surface area contributed by atoms with Crippen LogP contribution in [0.5, 0.6) is 0 Å². The number of para-hydroxylation sites is 1. The molecule has 8 heteroatoms. The molecule has 1 heterocycles. The summed E-state index contributed by atoms with van der Waals surface area (Å²) in [6.07, 6.45) is -2.41. The number of aromatic nitrogens is 2. The molecule has 0 aliphatic rings. The van der Waals surface area contributed by atoms with Crippen molar-refractivity contribution in [2.24, 2.45) is 0 Å². The fourth-order valence-electron chi connectivity index (χ4n) is 1.60. The van der Waals surface area contributed by atoms with E-state index >= 15 is 0 Å². The van der Waals surface area contributed by atoms with E-state index in [-0.39, 0.29) is 5.02 Å². The van der Waals surface area contributed by atoms with Gasteiger partial charge in [-0.2, -0.15) is 5.10 Å². The smallest absolute Gasteiger partial charge is 0.339 e. The van der Waals surface area contributed by atoms with Crippen LogP contribution in [0.25, 0.3) is 5.69 Å². The van der Waals surface area contributed by atoms with E-state index in [0.29, 0.717) is 4.68 Å². The highest BCUT2D eigenvalue weighted by atomic mass is 35.5.